The first-order valence-corrected chi connectivity index (χ1v) is 6.30. The van der Waals surface area contributed by atoms with Crippen LogP contribution in [0.25, 0.3) is 0 Å². The van der Waals surface area contributed by atoms with Crippen molar-refractivity contribution in [2.45, 2.75) is 32.1 Å². The third-order valence-electron chi connectivity index (χ3n) is 4.26. The quantitative estimate of drug-likeness (QED) is 0.600. The second-order valence-corrected chi connectivity index (χ2v) is 4.75. The second-order valence-electron chi connectivity index (χ2n) is 4.75. The van der Waals surface area contributed by atoms with Crippen molar-refractivity contribution in [2.24, 2.45) is 5.41 Å². The zero-order valence-corrected chi connectivity index (χ0v) is 10.8. The summed E-state index contributed by atoms with van der Waals surface area (Å²) in [6.45, 7) is 7.50. The number of hydrogen-bond donors (Lipinski definition) is 0. The van der Waals surface area contributed by atoms with E-state index < -0.39 is 10.8 Å². The van der Waals surface area contributed by atoms with Crippen LogP contribution in [0.4, 0.5) is 0 Å². The minimum absolute atomic E-state index is 0.0143. The molecule has 1 saturated carbocycles. The molecule has 0 aromatic heterocycles. The van der Waals surface area contributed by atoms with E-state index in [9.17, 15) is 9.59 Å². The van der Waals surface area contributed by atoms with Crippen molar-refractivity contribution in [3.05, 3.63) is 48.6 Å². The van der Waals surface area contributed by atoms with Crippen molar-refractivity contribution in [2.75, 3.05) is 0 Å². The Balaban J connectivity index is 2.54. The molecule has 2 rings (SSSR count). The minimum atomic E-state index is -1.14. The van der Waals surface area contributed by atoms with Crippen LogP contribution in [0.2, 0.25) is 0 Å². The smallest absolute Gasteiger partial charge is 0.168 e. The molecule has 93 valence electrons. The van der Waals surface area contributed by atoms with Gasteiger partial charge in [0, 0.05) is 0 Å². The van der Waals surface area contributed by atoms with Gasteiger partial charge < -0.3 is 0 Å². The largest absolute Gasteiger partial charge is 0.297 e. The summed E-state index contributed by atoms with van der Waals surface area (Å²) in [5.41, 5.74) is -1.25. The van der Waals surface area contributed by atoms with Gasteiger partial charge in [-0.25, -0.2) is 0 Å². The lowest BCUT2D eigenvalue weighted by Gasteiger charge is -2.50. The molecule has 0 bridgehead atoms. The first-order chi connectivity index (χ1) is 8.60. The summed E-state index contributed by atoms with van der Waals surface area (Å²) in [7, 11) is 0. The average Bonchev–Trinajstić information content (AvgIpc) is 2.43. The zero-order valence-electron chi connectivity index (χ0n) is 10.8. The van der Waals surface area contributed by atoms with Gasteiger partial charge in [0.1, 0.15) is 5.41 Å². The highest BCUT2D eigenvalue weighted by Crippen LogP contribution is 2.53. The fourth-order valence-corrected chi connectivity index (χ4v) is 2.99. The predicted octanol–water partition coefficient (Wildman–Crippen LogP) is 2.87. The van der Waals surface area contributed by atoms with Crippen LogP contribution in [0.15, 0.2) is 36.9 Å². The number of benzene rings is 1. The standard InChI is InChI=1S/C16H17O2/c1-4-15(5-2)13(17)16(6-3,14(15)18)12-10-8-7-9-11-12/h6-8,10-11H,3-5H2,1-2H3. The molecule has 1 aliphatic rings. The van der Waals surface area contributed by atoms with E-state index in [2.05, 4.69) is 12.6 Å². The lowest BCUT2D eigenvalue weighted by atomic mass is 9.46. The maximum atomic E-state index is 12.6. The summed E-state index contributed by atoms with van der Waals surface area (Å²) in [4.78, 5) is 25.2. The third-order valence-corrected chi connectivity index (χ3v) is 4.26. The van der Waals surface area contributed by atoms with E-state index in [-0.39, 0.29) is 11.6 Å². The number of rotatable bonds is 4. The van der Waals surface area contributed by atoms with Gasteiger partial charge in [0.15, 0.2) is 11.6 Å². The maximum absolute atomic E-state index is 12.6. The van der Waals surface area contributed by atoms with Crippen LogP contribution in [-0.4, -0.2) is 11.6 Å². The van der Waals surface area contributed by atoms with Crippen LogP contribution < -0.4 is 0 Å². The van der Waals surface area contributed by atoms with Gasteiger partial charge in [-0.15, -0.1) is 6.58 Å². The number of Topliss-reactive ketones (excluding diaryl/α,β-unsaturated/α-hetero) is 2. The van der Waals surface area contributed by atoms with Crippen molar-refractivity contribution < 1.29 is 9.59 Å². The molecule has 1 radical (unpaired) electrons. The lowest BCUT2D eigenvalue weighted by molar-refractivity contribution is -0.161. The van der Waals surface area contributed by atoms with Crippen LogP contribution in [0.3, 0.4) is 0 Å². The Bertz CT molecular complexity index is 477. The van der Waals surface area contributed by atoms with E-state index in [1.54, 1.807) is 24.3 Å². The Kier molecular flexibility index (Phi) is 2.97. The molecule has 0 aliphatic heterocycles. The van der Waals surface area contributed by atoms with E-state index in [1.165, 1.54) is 6.08 Å². The van der Waals surface area contributed by atoms with E-state index in [0.29, 0.717) is 18.4 Å². The minimum Gasteiger partial charge on any atom is -0.297 e. The van der Waals surface area contributed by atoms with Gasteiger partial charge in [-0.2, -0.15) is 0 Å². The number of carbonyl (C=O) groups is 2. The fourth-order valence-electron chi connectivity index (χ4n) is 2.99. The van der Waals surface area contributed by atoms with Gasteiger partial charge in [0.2, 0.25) is 0 Å². The molecule has 2 nitrogen and oxygen atoms in total. The molecule has 18 heavy (non-hydrogen) atoms. The summed E-state index contributed by atoms with van der Waals surface area (Å²) in [5.74, 6) is -0.0285. The van der Waals surface area contributed by atoms with Crippen LogP contribution in [0.1, 0.15) is 32.3 Å². The average molecular weight is 241 g/mol. The molecule has 1 fully saturated rings. The molecular formula is C16H17O2. The fraction of sp³-hybridized carbons (Fsp3) is 0.375. The molecule has 1 aromatic carbocycles. The van der Waals surface area contributed by atoms with Crippen LogP contribution >= 0.6 is 0 Å². The van der Waals surface area contributed by atoms with E-state index in [4.69, 9.17) is 0 Å². The van der Waals surface area contributed by atoms with Gasteiger partial charge in [0.25, 0.3) is 0 Å². The molecule has 2 heteroatoms. The van der Waals surface area contributed by atoms with Crippen LogP contribution in [0.5, 0.6) is 0 Å². The van der Waals surface area contributed by atoms with Crippen LogP contribution in [0, 0.1) is 11.5 Å². The first kappa shape index (κ1) is 12.7. The maximum Gasteiger partial charge on any atom is 0.168 e. The number of allylic oxidation sites excluding steroid dienone is 1. The van der Waals surface area contributed by atoms with Gasteiger partial charge in [-0.1, -0.05) is 38.1 Å². The normalized spacial score (nSPS) is 20.3. The Hall–Kier alpha value is -1.70. The Morgan fingerprint density at radius 3 is 2.28 bits per heavy atom. The lowest BCUT2D eigenvalue weighted by Crippen LogP contribution is -2.68. The van der Waals surface area contributed by atoms with Gasteiger partial charge in [-0.05, 0) is 30.5 Å². The molecular weight excluding hydrogens is 224 g/mol. The topological polar surface area (TPSA) is 34.1 Å². The highest BCUT2D eigenvalue weighted by molar-refractivity contribution is 6.36. The summed E-state index contributed by atoms with van der Waals surface area (Å²) in [6.07, 6.45) is 2.62. The Labute approximate surface area is 108 Å². The highest BCUT2D eigenvalue weighted by atomic mass is 16.2. The van der Waals surface area contributed by atoms with Crippen LogP contribution in [-0.2, 0) is 15.0 Å². The Morgan fingerprint density at radius 1 is 1.28 bits per heavy atom. The van der Waals surface area contributed by atoms with E-state index >= 15 is 0 Å². The van der Waals surface area contributed by atoms with Gasteiger partial charge in [0.05, 0.1) is 5.41 Å². The molecule has 0 atom stereocenters. The molecule has 0 N–H and O–H groups in total. The molecule has 0 unspecified atom stereocenters. The molecule has 0 amide bonds. The monoisotopic (exact) mass is 241 g/mol. The van der Waals surface area contributed by atoms with Crippen molar-refractivity contribution in [1.29, 1.82) is 0 Å². The van der Waals surface area contributed by atoms with Gasteiger partial charge in [-0.3, -0.25) is 9.59 Å². The van der Waals surface area contributed by atoms with Crippen molar-refractivity contribution in [3.8, 4) is 0 Å². The first-order valence-electron chi connectivity index (χ1n) is 6.30. The summed E-state index contributed by atoms with van der Waals surface area (Å²) in [5, 5.41) is 0. The molecule has 1 aliphatic carbocycles. The molecule has 0 spiro atoms. The van der Waals surface area contributed by atoms with Crippen molar-refractivity contribution in [3.63, 3.8) is 0 Å². The van der Waals surface area contributed by atoms with Gasteiger partial charge >= 0.3 is 0 Å². The highest BCUT2D eigenvalue weighted by Gasteiger charge is 2.68. The van der Waals surface area contributed by atoms with E-state index in [1.807, 2.05) is 13.8 Å². The van der Waals surface area contributed by atoms with Crippen molar-refractivity contribution in [1.82, 2.24) is 0 Å². The van der Waals surface area contributed by atoms with Crippen molar-refractivity contribution >= 4 is 11.6 Å². The predicted molar refractivity (Wildman–Crippen MR) is 70.2 cm³/mol. The Morgan fingerprint density at radius 2 is 1.89 bits per heavy atom. The number of ketones is 2. The SMILES string of the molecule is C=CC1(c2c[c]ccc2)C(=O)C(CC)(CC)C1=O. The summed E-state index contributed by atoms with van der Waals surface area (Å²) in [6, 6.07) is 9.96. The molecule has 0 heterocycles. The molecule has 1 aromatic rings. The third kappa shape index (κ3) is 1.23. The second kappa shape index (κ2) is 4.20. The summed E-state index contributed by atoms with van der Waals surface area (Å²) < 4.78 is 0. The molecule has 0 saturated heterocycles. The number of hydrogen-bond acceptors (Lipinski definition) is 2. The number of carbonyl (C=O) groups excluding carboxylic acids is 2. The summed E-state index contributed by atoms with van der Waals surface area (Å²) >= 11 is 0. The zero-order chi connectivity index (χ0) is 13.4. The van der Waals surface area contributed by atoms with E-state index in [0.717, 1.165) is 0 Å².